The van der Waals surface area contributed by atoms with E-state index >= 15 is 0 Å². The normalized spacial score (nSPS) is 13.2. The molecule has 4 aromatic rings. The van der Waals surface area contributed by atoms with Gasteiger partial charge in [0.1, 0.15) is 23.1 Å². The predicted molar refractivity (Wildman–Crippen MR) is 166 cm³/mol. The number of rotatable bonds is 12. The number of para-hydroxylation sites is 1. The summed E-state index contributed by atoms with van der Waals surface area (Å²) < 4.78 is 50.7. The Hall–Kier alpha value is -4.97. The fourth-order valence-electron chi connectivity index (χ4n) is 4.96. The Labute approximate surface area is 260 Å². The van der Waals surface area contributed by atoms with E-state index in [-0.39, 0.29) is 23.2 Å². The van der Waals surface area contributed by atoms with Crippen molar-refractivity contribution in [2.24, 2.45) is 0 Å². The molecule has 0 unspecified atom stereocenters. The van der Waals surface area contributed by atoms with Crippen molar-refractivity contribution in [2.75, 3.05) is 50.7 Å². The number of aromatic nitrogens is 2. The molecule has 1 amide bonds. The molecule has 0 saturated carbocycles. The number of carbonyl (C=O) groups is 1. The first kappa shape index (κ1) is 31.5. The van der Waals surface area contributed by atoms with Gasteiger partial charge >= 0.3 is 6.09 Å². The molecule has 236 valence electrons. The minimum Gasteiger partial charge on any atom is -0.497 e. The molecule has 1 N–H and O–H groups in total. The second kappa shape index (κ2) is 15.2. The molecule has 3 aromatic carbocycles. The first-order valence-corrected chi connectivity index (χ1v) is 14.7. The predicted octanol–water partition coefficient (Wildman–Crippen LogP) is 7.11. The maximum absolute atomic E-state index is 14.4. The lowest BCUT2D eigenvalue weighted by Crippen LogP contribution is -2.31. The van der Waals surface area contributed by atoms with E-state index in [9.17, 15) is 13.6 Å². The van der Waals surface area contributed by atoms with E-state index in [4.69, 9.17) is 18.9 Å². The number of hydrogen-bond acceptors (Lipinski definition) is 9. The fraction of sp³-hybridized carbons (Fsp3) is 0.303. The molecule has 1 saturated heterocycles. The number of anilines is 4. The van der Waals surface area contributed by atoms with E-state index in [1.54, 1.807) is 12.1 Å². The van der Waals surface area contributed by atoms with Crippen molar-refractivity contribution < 1.29 is 32.5 Å². The lowest BCUT2D eigenvalue weighted by atomic mass is 10.1. The smallest absolute Gasteiger partial charge is 0.425 e. The Kier molecular flexibility index (Phi) is 10.6. The molecule has 1 aromatic heterocycles. The molecule has 5 rings (SSSR count). The first-order chi connectivity index (χ1) is 21.9. The molecule has 0 atom stereocenters. The maximum atomic E-state index is 14.4. The number of nitrogens with zero attached hydrogens (tertiary/aromatic N) is 4. The summed E-state index contributed by atoms with van der Waals surface area (Å²) in [7, 11) is 2.90. The second-order valence-corrected chi connectivity index (χ2v) is 10.3. The van der Waals surface area contributed by atoms with Gasteiger partial charge in [0, 0.05) is 30.6 Å². The van der Waals surface area contributed by atoms with Crippen molar-refractivity contribution >= 4 is 29.2 Å². The molecule has 0 spiro atoms. The van der Waals surface area contributed by atoms with Crippen LogP contribution in [-0.2, 0) is 0 Å². The highest BCUT2D eigenvalue weighted by atomic mass is 19.1. The number of hydrogen-bond donors (Lipinski definition) is 1. The van der Waals surface area contributed by atoms with Gasteiger partial charge in [-0.3, -0.25) is 0 Å². The van der Waals surface area contributed by atoms with Crippen LogP contribution in [0.25, 0.3) is 0 Å². The van der Waals surface area contributed by atoms with E-state index in [1.807, 2.05) is 24.3 Å². The summed E-state index contributed by atoms with van der Waals surface area (Å²) in [6.45, 7) is 4.00. The van der Waals surface area contributed by atoms with E-state index in [2.05, 4.69) is 20.2 Å². The largest absolute Gasteiger partial charge is 0.497 e. The topological polar surface area (TPSA) is 98.3 Å². The molecular formula is C33H35F2N5O5. The van der Waals surface area contributed by atoms with Crippen LogP contribution in [-0.4, -0.2) is 61.4 Å². The van der Waals surface area contributed by atoms with Gasteiger partial charge in [-0.1, -0.05) is 12.5 Å². The summed E-state index contributed by atoms with van der Waals surface area (Å²) >= 11 is 0. The summed E-state index contributed by atoms with van der Waals surface area (Å²) in [5, 5.41) is 3.11. The zero-order chi connectivity index (χ0) is 31.6. The quantitative estimate of drug-likeness (QED) is 0.166. The third-order valence-electron chi connectivity index (χ3n) is 7.24. The number of halogens is 2. The van der Waals surface area contributed by atoms with Crippen LogP contribution in [0.1, 0.15) is 25.7 Å². The molecule has 1 aliphatic heterocycles. The summed E-state index contributed by atoms with van der Waals surface area (Å²) in [5.74, 6) is -1.29. The van der Waals surface area contributed by atoms with Crippen molar-refractivity contribution in [2.45, 2.75) is 25.7 Å². The van der Waals surface area contributed by atoms with Gasteiger partial charge in [-0.05, 0) is 80.9 Å². The number of likely N-dealkylation sites (tertiary alicyclic amines) is 1. The molecule has 10 nitrogen and oxygen atoms in total. The molecular weight excluding hydrogens is 584 g/mol. The summed E-state index contributed by atoms with van der Waals surface area (Å²) in [6, 6.07) is 16.6. The number of benzene rings is 3. The van der Waals surface area contributed by atoms with Gasteiger partial charge in [0.25, 0.3) is 0 Å². The van der Waals surface area contributed by atoms with Crippen LogP contribution in [0.2, 0.25) is 0 Å². The summed E-state index contributed by atoms with van der Waals surface area (Å²) in [4.78, 5) is 25.8. The molecule has 2 heterocycles. The Morgan fingerprint density at radius 2 is 1.67 bits per heavy atom. The van der Waals surface area contributed by atoms with Gasteiger partial charge in [0.05, 0.1) is 26.5 Å². The fourth-order valence-corrected chi connectivity index (χ4v) is 4.96. The number of ether oxygens (including phenoxy) is 4. The van der Waals surface area contributed by atoms with Crippen LogP contribution in [0.4, 0.5) is 36.7 Å². The van der Waals surface area contributed by atoms with Gasteiger partial charge < -0.3 is 29.2 Å². The van der Waals surface area contributed by atoms with Gasteiger partial charge in [0.2, 0.25) is 11.7 Å². The number of methoxy groups -OCH3 is 2. The van der Waals surface area contributed by atoms with Crippen LogP contribution < -0.4 is 29.2 Å². The second-order valence-electron chi connectivity index (χ2n) is 10.3. The Morgan fingerprint density at radius 3 is 2.38 bits per heavy atom. The molecule has 0 radical (unpaired) electrons. The third-order valence-corrected chi connectivity index (χ3v) is 7.24. The third kappa shape index (κ3) is 8.15. The first-order valence-electron chi connectivity index (χ1n) is 14.7. The van der Waals surface area contributed by atoms with E-state index in [1.165, 1.54) is 71.0 Å². The Balaban J connectivity index is 1.33. The minimum atomic E-state index is -1.13. The van der Waals surface area contributed by atoms with E-state index in [0.717, 1.165) is 35.7 Å². The zero-order valence-corrected chi connectivity index (χ0v) is 25.2. The monoisotopic (exact) mass is 619 g/mol. The van der Waals surface area contributed by atoms with Crippen LogP contribution in [0, 0.1) is 11.6 Å². The maximum Gasteiger partial charge on any atom is 0.425 e. The van der Waals surface area contributed by atoms with Crippen LogP contribution in [0.3, 0.4) is 0 Å². The number of nitrogens with one attached hydrogen (secondary N) is 1. The standard InChI is InChI=1S/C33H35F2N5O5/c1-42-25-14-15-28(29(22-25)43-2)40(33(41)45-31-26(34)8-6-9-27(31)35)30-16-17-36-32(38-30)37-23-10-12-24(13-11-23)44-21-7-20-39-18-4-3-5-19-39/h6,8-17,22H,3-5,7,18-21H2,1-2H3,(H,36,37,38). The molecule has 12 heteroatoms. The highest BCUT2D eigenvalue weighted by Gasteiger charge is 2.28. The van der Waals surface area contributed by atoms with Gasteiger partial charge in [0.15, 0.2) is 11.6 Å². The molecule has 45 heavy (non-hydrogen) atoms. The Bertz CT molecular complexity index is 1560. The van der Waals surface area contributed by atoms with Crippen molar-refractivity contribution in [3.63, 3.8) is 0 Å². The van der Waals surface area contributed by atoms with E-state index < -0.39 is 23.5 Å². The minimum absolute atomic E-state index is 0.0476. The van der Waals surface area contributed by atoms with Crippen molar-refractivity contribution in [1.29, 1.82) is 0 Å². The van der Waals surface area contributed by atoms with Gasteiger partial charge in [-0.2, -0.15) is 4.98 Å². The highest BCUT2D eigenvalue weighted by molar-refractivity contribution is 5.98. The molecule has 0 bridgehead atoms. The molecule has 0 aliphatic carbocycles. The molecule has 1 fully saturated rings. The number of amides is 1. The van der Waals surface area contributed by atoms with Crippen molar-refractivity contribution in [3.05, 3.63) is 84.6 Å². The van der Waals surface area contributed by atoms with Gasteiger partial charge in [-0.15, -0.1) is 0 Å². The average molecular weight is 620 g/mol. The highest BCUT2D eigenvalue weighted by Crippen LogP contribution is 2.37. The lowest BCUT2D eigenvalue weighted by Gasteiger charge is -2.26. The SMILES string of the molecule is COc1ccc(N(C(=O)Oc2c(F)cccc2F)c2ccnc(Nc3ccc(OCCCN4CCCCC4)cc3)n2)c(OC)c1. The van der Waals surface area contributed by atoms with Crippen LogP contribution >= 0.6 is 0 Å². The van der Waals surface area contributed by atoms with Gasteiger partial charge in [-0.25, -0.2) is 23.5 Å². The summed E-state index contributed by atoms with van der Waals surface area (Å²) in [5.41, 5.74) is 0.865. The average Bonchev–Trinajstić information content (AvgIpc) is 3.06. The van der Waals surface area contributed by atoms with Crippen molar-refractivity contribution in [1.82, 2.24) is 14.9 Å². The molecule has 1 aliphatic rings. The van der Waals surface area contributed by atoms with Crippen molar-refractivity contribution in [3.8, 4) is 23.0 Å². The van der Waals surface area contributed by atoms with Crippen LogP contribution in [0.5, 0.6) is 23.0 Å². The lowest BCUT2D eigenvalue weighted by molar-refractivity contribution is 0.205. The number of carbonyl (C=O) groups excluding carboxylic acids is 1. The summed E-state index contributed by atoms with van der Waals surface area (Å²) in [6.07, 6.45) is 5.13. The van der Waals surface area contributed by atoms with Crippen LogP contribution in [0.15, 0.2) is 72.9 Å². The Morgan fingerprint density at radius 1 is 0.933 bits per heavy atom. The number of piperidine rings is 1. The zero-order valence-electron chi connectivity index (χ0n) is 25.2. The van der Waals surface area contributed by atoms with E-state index in [0.29, 0.717) is 18.0 Å².